The van der Waals surface area contributed by atoms with Crippen LogP contribution in [0.15, 0.2) is 53.5 Å². The van der Waals surface area contributed by atoms with Crippen LogP contribution in [-0.2, 0) is 4.74 Å². The van der Waals surface area contributed by atoms with E-state index in [1.54, 1.807) is 48.2 Å². The molecule has 1 amide bonds. The van der Waals surface area contributed by atoms with Crippen molar-refractivity contribution in [3.8, 4) is 0 Å². The molecule has 1 heterocycles. The molecule has 2 unspecified atom stereocenters. The Balaban J connectivity index is 1.90. The molecule has 1 fully saturated rings. The van der Waals surface area contributed by atoms with Crippen LogP contribution in [-0.4, -0.2) is 52.7 Å². The van der Waals surface area contributed by atoms with Crippen LogP contribution in [0.5, 0.6) is 0 Å². The van der Waals surface area contributed by atoms with Crippen LogP contribution in [0.25, 0.3) is 0 Å². The van der Waals surface area contributed by atoms with Crippen molar-refractivity contribution in [1.82, 2.24) is 0 Å². The van der Waals surface area contributed by atoms with Crippen molar-refractivity contribution < 1.29 is 24.5 Å². The fourth-order valence-corrected chi connectivity index (χ4v) is 4.12. The molecule has 0 aliphatic carbocycles. The Bertz CT molecular complexity index is 915. The van der Waals surface area contributed by atoms with Crippen LogP contribution < -0.4 is 5.32 Å². The lowest BCUT2D eigenvalue weighted by atomic mass is 10.1. The number of aliphatic hydroxyl groups is 1. The summed E-state index contributed by atoms with van der Waals surface area (Å²) in [6.45, 7) is 0. The lowest BCUT2D eigenvalue weighted by molar-refractivity contribution is -0.0899. The van der Waals surface area contributed by atoms with Gasteiger partial charge < -0.3 is 20.3 Å². The third-order valence-electron chi connectivity index (χ3n) is 4.38. The van der Waals surface area contributed by atoms with E-state index < -0.39 is 18.2 Å². The molecule has 3 rings (SSSR count). The normalized spacial score (nSPS) is 18.8. The fraction of sp³-hybridized carbons (Fsp3) is 0.250. The number of hydrogen-bond donors (Lipinski definition) is 3. The van der Waals surface area contributed by atoms with Crippen LogP contribution in [0.4, 0.5) is 11.4 Å². The van der Waals surface area contributed by atoms with Crippen LogP contribution >= 0.6 is 11.8 Å². The van der Waals surface area contributed by atoms with Gasteiger partial charge in [0.25, 0.3) is 5.91 Å². The van der Waals surface area contributed by atoms with Crippen molar-refractivity contribution in [2.45, 2.75) is 6.29 Å². The monoisotopic (exact) mass is 400 g/mol. The van der Waals surface area contributed by atoms with Crippen molar-refractivity contribution >= 4 is 40.7 Å². The minimum atomic E-state index is -1.12. The largest absolute Gasteiger partial charge is 0.478 e. The first-order valence-electron chi connectivity index (χ1n) is 8.60. The summed E-state index contributed by atoms with van der Waals surface area (Å²) in [7, 11) is 1.44. The highest BCUT2D eigenvalue weighted by atomic mass is 32.2. The molecular weight excluding hydrogens is 380 g/mol. The number of methoxy groups -OCH3 is 1. The second kappa shape index (κ2) is 9.01. The van der Waals surface area contributed by atoms with Crippen LogP contribution in [0.3, 0.4) is 0 Å². The number of carboxylic acids is 1. The topological polar surface area (TPSA) is 108 Å². The molecule has 7 nitrogen and oxygen atoms in total. The predicted octanol–water partition coefficient (Wildman–Crippen LogP) is 3.04. The quantitative estimate of drug-likeness (QED) is 0.643. The van der Waals surface area contributed by atoms with Crippen molar-refractivity contribution in [2.75, 3.05) is 23.9 Å². The van der Waals surface area contributed by atoms with E-state index in [2.05, 4.69) is 10.3 Å². The van der Waals surface area contributed by atoms with Gasteiger partial charge in [-0.3, -0.25) is 9.79 Å². The van der Waals surface area contributed by atoms with Crippen molar-refractivity contribution in [3.63, 3.8) is 0 Å². The summed E-state index contributed by atoms with van der Waals surface area (Å²) in [5.74, 6) is -0.484. The van der Waals surface area contributed by atoms with Gasteiger partial charge in [-0.1, -0.05) is 24.3 Å². The lowest BCUT2D eigenvalue weighted by Gasteiger charge is -2.16. The van der Waals surface area contributed by atoms with E-state index in [1.165, 1.54) is 19.2 Å². The number of rotatable bonds is 6. The van der Waals surface area contributed by atoms with Gasteiger partial charge in [0, 0.05) is 24.3 Å². The number of amides is 1. The number of anilines is 1. The minimum Gasteiger partial charge on any atom is -0.478 e. The zero-order valence-corrected chi connectivity index (χ0v) is 16.0. The SMILES string of the molecule is COC(O)C1CSCC1=Nc1ccccc1C(=O)Nc1ccccc1C(=O)O. The van der Waals surface area contributed by atoms with Crippen LogP contribution in [0, 0.1) is 5.92 Å². The Morgan fingerprint density at radius 2 is 1.86 bits per heavy atom. The van der Waals surface area contributed by atoms with Crippen molar-refractivity contribution in [2.24, 2.45) is 10.9 Å². The van der Waals surface area contributed by atoms with Crippen molar-refractivity contribution in [3.05, 3.63) is 59.7 Å². The average molecular weight is 400 g/mol. The molecule has 2 aromatic rings. The van der Waals surface area contributed by atoms with Gasteiger partial charge in [-0.25, -0.2) is 4.79 Å². The molecule has 0 bridgehead atoms. The second-order valence-corrected chi connectivity index (χ2v) is 7.20. The highest BCUT2D eigenvalue weighted by molar-refractivity contribution is 8.00. The number of carboxylic acid groups (broad SMARTS) is 1. The molecule has 0 radical (unpaired) electrons. The number of nitrogens with zero attached hydrogens (tertiary/aromatic N) is 1. The van der Waals surface area contributed by atoms with E-state index in [1.807, 2.05) is 0 Å². The average Bonchev–Trinajstić information content (AvgIpc) is 3.16. The molecule has 2 aromatic carbocycles. The summed E-state index contributed by atoms with van der Waals surface area (Å²) < 4.78 is 5.02. The zero-order valence-electron chi connectivity index (χ0n) is 15.2. The van der Waals surface area contributed by atoms with Gasteiger partial charge in [0.2, 0.25) is 0 Å². The zero-order chi connectivity index (χ0) is 20.1. The van der Waals surface area contributed by atoms with Gasteiger partial charge in [-0.15, -0.1) is 0 Å². The van der Waals surface area contributed by atoms with Crippen LogP contribution in [0.1, 0.15) is 20.7 Å². The summed E-state index contributed by atoms with van der Waals surface area (Å²) in [5.41, 5.74) is 1.75. The van der Waals surface area contributed by atoms with Crippen molar-refractivity contribution in [1.29, 1.82) is 0 Å². The Kier molecular flexibility index (Phi) is 6.45. The standard InChI is InChI=1S/C20H20N2O5S/c1-27-20(26)14-10-28-11-17(14)21-15-8-4-2-6-12(15)18(23)22-16-9-5-3-7-13(16)19(24)25/h2-9,14,20,26H,10-11H2,1H3,(H,22,23)(H,24,25). The van der Waals surface area contributed by atoms with Crippen LogP contribution in [0.2, 0.25) is 0 Å². The Labute approximate surface area is 166 Å². The fourth-order valence-electron chi connectivity index (χ4n) is 2.91. The lowest BCUT2D eigenvalue weighted by Crippen LogP contribution is -2.28. The number of nitrogens with one attached hydrogen (secondary N) is 1. The maximum absolute atomic E-state index is 12.8. The molecule has 28 heavy (non-hydrogen) atoms. The Morgan fingerprint density at radius 3 is 2.57 bits per heavy atom. The number of aromatic carboxylic acids is 1. The molecule has 2 atom stereocenters. The van der Waals surface area contributed by atoms with Gasteiger partial charge in [-0.05, 0) is 24.3 Å². The minimum absolute atomic E-state index is 0.00937. The van der Waals surface area contributed by atoms with Gasteiger partial charge in [-0.2, -0.15) is 11.8 Å². The molecule has 1 aliphatic heterocycles. The first-order valence-corrected chi connectivity index (χ1v) is 9.75. The maximum atomic E-state index is 12.8. The first kappa shape index (κ1) is 20.1. The summed E-state index contributed by atoms with van der Waals surface area (Å²) in [6.07, 6.45) is -0.947. The summed E-state index contributed by atoms with van der Waals surface area (Å²) in [4.78, 5) is 28.8. The molecule has 0 spiro atoms. The molecule has 0 aromatic heterocycles. The third kappa shape index (κ3) is 4.41. The van der Waals surface area contributed by atoms with Gasteiger partial charge >= 0.3 is 5.97 Å². The summed E-state index contributed by atoms with van der Waals surface area (Å²) in [5, 5.41) is 21.9. The predicted molar refractivity (Wildman–Crippen MR) is 109 cm³/mol. The molecule has 3 N–H and O–H groups in total. The molecular formula is C20H20N2O5S. The highest BCUT2D eigenvalue weighted by Gasteiger charge is 2.30. The Hall–Kier alpha value is -2.68. The number of para-hydroxylation sites is 2. The number of aliphatic imine (C=N–C) groups is 1. The second-order valence-electron chi connectivity index (χ2n) is 6.17. The Morgan fingerprint density at radius 1 is 1.18 bits per heavy atom. The van der Waals surface area contributed by atoms with E-state index in [-0.39, 0.29) is 17.2 Å². The number of carbonyl (C=O) groups excluding carboxylic acids is 1. The van der Waals surface area contributed by atoms with E-state index >= 15 is 0 Å². The molecule has 1 saturated heterocycles. The number of carbonyl (C=O) groups is 2. The molecule has 0 saturated carbocycles. The summed E-state index contributed by atoms with van der Waals surface area (Å²) >= 11 is 1.64. The number of benzene rings is 2. The molecule has 1 aliphatic rings. The van der Waals surface area contributed by atoms with E-state index in [4.69, 9.17) is 4.74 Å². The molecule has 146 valence electrons. The number of hydrogen-bond acceptors (Lipinski definition) is 6. The number of aliphatic hydroxyl groups excluding tert-OH is 1. The van der Waals surface area contributed by atoms with Gasteiger partial charge in [0.05, 0.1) is 28.4 Å². The third-order valence-corrected chi connectivity index (χ3v) is 5.47. The van der Waals surface area contributed by atoms with Gasteiger partial charge in [0.15, 0.2) is 6.29 Å². The first-order chi connectivity index (χ1) is 13.5. The maximum Gasteiger partial charge on any atom is 0.337 e. The summed E-state index contributed by atoms with van der Waals surface area (Å²) in [6, 6.07) is 13.0. The highest BCUT2D eigenvalue weighted by Crippen LogP contribution is 2.29. The van der Waals surface area contributed by atoms with E-state index in [0.717, 1.165) is 5.71 Å². The number of thioether (sulfide) groups is 1. The number of ether oxygens (including phenoxy) is 1. The smallest absolute Gasteiger partial charge is 0.337 e. The van der Waals surface area contributed by atoms with Gasteiger partial charge in [0.1, 0.15) is 0 Å². The van der Waals surface area contributed by atoms with E-state index in [9.17, 15) is 19.8 Å². The van der Waals surface area contributed by atoms with E-state index in [0.29, 0.717) is 22.8 Å². The molecule has 8 heteroatoms.